The van der Waals surface area contributed by atoms with E-state index < -0.39 is 5.97 Å². The van der Waals surface area contributed by atoms with Crippen molar-refractivity contribution in [1.82, 2.24) is 9.88 Å². The van der Waals surface area contributed by atoms with E-state index in [2.05, 4.69) is 19.2 Å². The van der Waals surface area contributed by atoms with Crippen molar-refractivity contribution in [2.24, 2.45) is 11.8 Å². The standard InChI is InChI=1S/C23H29FN2O3/c1-14-6-5-7-21(16(14)3)25-22(27)13-29-23(28)20-12-15(2)26(17(20)4)19-10-8-18(24)9-11-19/h8-12,14,16,21H,5-7,13H2,1-4H3,(H,25,27). The van der Waals surface area contributed by atoms with Gasteiger partial charge in [0.25, 0.3) is 5.91 Å². The van der Waals surface area contributed by atoms with Crippen molar-refractivity contribution in [3.05, 3.63) is 53.1 Å². The molecule has 3 unspecified atom stereocenters. The minimum atomic E-state index is -0.535. The first-order valence-electron chi connectivity index (χ1n) is 10.2. The summed E-state index contributed by atoms with van der Waals surface area (Å²) in [7, 11) is 0. The Kier molecular flexibility index (Phi) is 6.40. The summed E-state index contributed by atoms with van der Waals surface area (Å²) in [6.07, 6.45) is 3.25. The van der Waals surface area contributed by atoms with Gasteiger partial charge in [0.1, 0.15) is 5.82 Å². The van der Waals surface area contributed by atoms with Crippen LogP contribution in [0.2, 0.25) is 0 Å². The van der Waals surface area contributed by atoms with Crippen LogP contribution in [-0.2, 0) is 9.53 Å². The minimum absolute atomic E-state index is 0.133. The number of amides is 1. The summed E-state index contributed by atoms with van der Waals surface area (Å²) in [4.78, 5) is 24.8. The van der Waals surface area contributed by atoms with E-state index >= 15 is 0 Å². The minimum Gasteiger partial charge on any atom is -0.452 e. The van der Waals surface area contributed by atoms with Gasteiger partial charge in [0.15, 0.2) is 6.61 Å². The zero-order valence-corrected chi connectivity index (χ0v) is 17.5. The Morgan fingerprint density at radius 3 is 2.55 bits per heavy atom. The molecule has 0 radical (unpaired) electrons. The van der Waals surface area contributed by atoms with Crippen LogP contribution in [0.1, 0.15) is 54.9 Å². The molecule has 1 aliphatic rings. The third kappa shape index (κ3) is 4.69. The second kappa shape index (κ2) is 8.80. The second-order valence-corrected chi connectivity index (χ2v) is 8.11. The third-order valence-corrected chi connectivity index (χ3v) is 6.12. The maximum absolute atomic E-state index is 13.2. The molecule has 156 valence electrons. The van der Waals surface area contributed by atoms with Crippen LogP contribution >= 0.6 is 0 Å². The molecule has 1 aromatic heterocycles. The molecular formula is C23H29FN2O3. The van der Waals surface area contributed by atoms with Crippen LogP contribution in [0.3, 0.4) is 0 Å². The number of aryl methyl sites for hydroxylation is 1. The number of nitrogens with one attached hydrogen (secondary N) is 1. The van der Waals surface area contributed by atoms with Crippen LogP contribution < -0.4 is 5.32 Å². The maximum atomic E-state index is 13.2. The Morgan fingerprint density at radius 1 is 1.17 bits per heavy atom. The number of aromatic nitrogens is 1. The van der Waals surface area contributed by atoms with Gasteiger partial charge in [-0.1, -0.05) is 26.7 Å². The number of hydrogen-bond donors (Lipinski definition) is 1. The maximum Gasteiger partial charge on any atom is 0.340 e. The second-order valence-electron chi connectivity index (χ2n) is 8.11. The first kappa shape index (κ1) is 21.1. The molecule has 0 bridgehead atoms. The zero-order valence-electron chi connectivity index (χ0n) is 17.5. The van der Waals surface area contributed by atoms with Gasteiger partial charge in [-0.05, 0) is 62.4 Å². The van der Waals surface area contributed by atoms with Gasteiger partial charge in [-0.3, -0.25) is 4.79 Å². The topological polar surface area (TPSA) is 60.3 Å². The molecule has 1 fully saturated rings. The quantitative estimate of drug-likeness (QED) is 0.760. The van der Waals surface area contributed by atoms with Gasteiger partial charge in [-0.15, -0.1) is 0 Å². The summed E-state index contributed by atoms with van der Waals surface area (Å²) >= 11 is 0. The van der Waals surface area contributed by atoms with Crippen LogP contribution in [0.25, 0.3) is 5.69 Å². The van der Waals surface area contributed by atoms with Crippen LogP contribution in [0.4, 0.5) is 4.39 Å². The highest BCUT2D eigenvalue weighted by molar-refractivity contribution is 5.93. The molecule has 3 atom stereocenters. The molecule has 1 N–H and O–H groups in total. The van der Waals surface area contributed by atoms with Crippen molar-refractivity contribution >= 4 is 11.9 Å². The van der Waals surface area contributed by atoms with E-state index in [1.807, 2.05) is 11.5 Å². The smallest absolute Gasteiger partial charge is 0.340 e. The van der Waals surface area contributed by atoms with Gasteiger partial charge in [-0.2, -0.15) is 0 Å². The van der Waals surface area contributed by atoms with E-state index in [0.717, 1.165) is 24.2 Å². The number of rotatable bonds is 5. The molecule has 1 aliphatic carbocycles. The summed E-state index contributed by atoms with van der Waals surface area (Å²) in [5.41, 5.74) is 2.68. The number of halogens is 1. The third-order valence-electron chi connectivity index (χ3n) is 6.12. The van der Waals surface area contributed by atoms with Gasteiger partial charge >= 0.3 is 5.97 Å². The van der Waals surface area contributed by atoms with Crippen molar-refractivity contribution in [3.8, 4) is 5.69 Å². The van der Waals surface area contributed by atoms with Gasteiger partial charge in [0.05, 0.1) is 5.56 Å². The lowest BCUT2D eigenvalue weighted by atomic mass is 9.78. The summed E-state index contributed by atoms with van der Waals surface area (Å²) in [5, 5.41) is 3.01. The number of carbonyl (C=O) groups is 2. The van der Waals surface area contributed by atoms with Gasteiger partial charge in [0, 0.05) is 23.1 Å². The molecule has 5 nitrogen and oxygen atoms in total. The fourth-order valence-corrected chi connectivity index (χ4v) is 4.20. The highest BCUT2D eigenvalue weighted by atomic mass is 19.1. The molecule has 1 heterocycles. The number of esters is 1. The molecule has 3 rings (SSSR count). The molecule has 29 heavy (non-hydrogen) atoms. The molecule has 0 saturated heterocycles. The highest BCUT2D eigenvalue weighted by Gasteiger charge is 2.28. The van der Waals surface area contributed by atoms with E-state index in [0.29, 0.717) is 23.1 Å². The van der Waals surface area contributed by atoms with Crippen molar-refractivity contribution in [2.75, 3.05) is 6.61 Å². The molecule has 0 aliphatic heterocycles. The van der Waals surface area contributed by atoms with Gasteiger partial charge in [-0.25, -0.2) is 9.18 Å². The Bertz CT molecular complexity index is 888. The molecular weight excluding hydrogens is 371 g/mol. The van der Waals surface area contributed by atoms with Crippen LogP contribution in [-0.4, -0.2) is 29.1 Å². The van der Waals surface area contributed by atoms with E-state index in [4.69, 9.17) is 4.74 Å². The fourth-order valence-electron chi connectivity index (χ4n) is 4.20. The molecule has 0 spiro atoms. The van der Waals surface area contributed by atoms with E-state index in [1.165, 1.54) is 18.6 Å². The van der Waals surface area contributed by atoms with Crippen LogP contribution in [0.5, 0.6) is 0 Å². The van der Waals surface area contributed by atoms with E-state index in [1.54, 1.807) is 25.1 Å². The number of nitrogens with zero attached hydrogens (tertiary/aromatic N) is 1. The number of benzene rings is 1. The van der Waals surface area contributed by atoms with E-state index in [-0.39, 0.29) is 24.4 Å². The summed E-state index contributed by atoms with van der Waals surface area (Å²) < 4.78 is 20.3. The molecule has 2 aromatic rings. The fraction of sp³-hybridized carbons (Fsp3) is 0.478. The average molecular weight is 400 g/mol. The lowest BCUT2D eigenvalue weighted by molar-refractivity contribution is -0.125. The number of carbonyl (C=O) groups excluding carboxylic acids is 2. The zero-order chi connectivity index (χ0) is 21.1. The highest BCUT2D eigenvalue weighted by Crippen LogP contribution is 2.29. The van der Waals surface area contributed by atoms with Crippen LogP contribution in [0, 0.1) is 31.5 Å². The Hall–Kier alpha value is -2.63. The predicted molar refractivity (Wildman–Crippen MR) is 110 cm³/mol. The summed E-state index contributed by atoms with van der Waals surface area (Å²) in [5.74, 6) is -0.127. The summed E-state index contributed by atoms with van der Waals surface area (Å²) in [6.45, 7) is 7.74. The van der Waals surface area contributed by atoms with Gasteiger partial charge in [0.2, 0.25) is 0 Å². The van der Waals surface area contributed by atoms with Crippen molar-refractivity contribution in [2.45, 2.75) is 53.0 Å². The van der Waals surface area contributed by atoms with Crippen LogP contribution in [0.15, 0.2) is 30.3 Å². The molecule has 1 aromatic carbocycles. The van der Waals surface area contributed by atoms with E-state index in [9.17, 15) is 14.0 Å². The number of hydrogen-bond acceptors (Lipinski definition) is 3. The van der Waals surface area contributed by atoms with Gasteiger partial charge < -0.3 is 14.6 Å². The monoisotopic (exact) mass is 400 g/mol. The molecule has 1 saturated carbocycles. The summed E-state index contributed by atoms with van der Waals surface area (Å²) in [6, 6.07) is 7.93. The largest absolute Gasteiger partial charge is 0.452 e. The first-order valence-corrected chi connectivity index (χ1v) is 10.2. The number of ether oxygens (including phenoxy) is 1. The average Bonchev–Trinajstić information content (AvgIpc) is 2.99. The van der Waals surface area contributed by atoms with Crippen molar-refractivity contribution in [3.63, 3.8) is 0 Å². The predicted octanol–water partition coefficient (Wildman–Crippen LogP) is 4.33. The Labute approximate surface area is 171 Å². The Morgan fingerprint density at radius 2 is 1.86 bits per heavy atom. The van der Waals surface area contributed by atoms with Crippen molar-refractivity contribution < 1.29 is 18.7 Å². The molecule has 6 heteroatoms. The Balaban J connectivity index is 1.63. The molecule has 1 amide bonds. The lowest BCUT2D eigenvalue weighted by Gasteiger charge is -2.34. The SMILES string of the molecule is Cc1cc(C(=O)OCC(=O)NC2CCCC(C)C2C)c(C)n1-c1ccc(F)cc1. The lowest BCUT2D eigenvalue weighted by Crippen LogP contribution is -2.45. The first-order chi connectivity index (χ1) is 13.8. The normalized spacial score (nSPS) is 21.6. The van der Waals surface area contributed by atoms with Crippen molar-refractivity contribution in [1.29, 1.82) is 0 Å².